The Morgan fingerprint density at radius 1 is 1.88 bits per heavy atom. The lowest BCUT2D eigenvalue weighted by Crippen LogP contribution is -2.07. The van der Waals surface area contributed by atoms with Crippen LogP contribution in [-0.4, -0.2) is 15.0 Å². The van der Waals surface area contributed by atoms with E-state index in [0.29, 0.717) is 6.61 Å². The van der Waals surface area contributed by atoms with Crippen molar-refractivity contribution in [3.63, 3.8) is 0 Å². The normalized spacial score (nSPS) is 9.88. The van der Waals surface area contributed by atoms with E-state index in [1.54, 1.807) is 6.08 Å². The van der Waals surface area contributed by atoms with Crippen molar-refractivity contribution < 1.29 is 4.43 Å². The fraction of sp³-hybridized carbons (Fsp3) is 0.600. The number of hydrogen-bond donors (Lipinski definition) is 0. The molecule has 0 aliphatic carbocycles. The molecule has 0 rings (SSSR count). The van der Waals surface area contributed by atoms with E-state index < -0.39 is 8.35 Å². The van der Waals surface area contributed by atoms with Gasteiger partial charge < -0.3 is 4.43 Å². The van der Waals surface area contributed by atoms with Crippen LogP contribution in [0.1, 0.15) is 6.92 Å². The van der Waals surface area contributed by atoms with Crippen LogP contribution in [0.4, 0.5) is 0 Å². The van der Waals surface area contributed by atoms with Crippen molar-refractivity contribution in [3.8, 4) is 0 Å². The van der Waals surface area contributed by atoms with Crippen molar-refractivity contribution in [1.29, 1.82) is 0 Å². The van der Waals surface area contributed by atoms with Crippen molar-refractivity contribution in [3.05, 3.63) is 12.7 Å². The minimum atomic E-state index is -1.04. The zero-order valence-electron chi connectivity index (χ0n) is 4.98. The molecule has 8 heavy (non-hydrogen) atoms. The molecule has 1 radical (unpaired) electrons. The highest BCUT2D eigenvalue weighted by Crippen LogP contribution is 1.98. The molecular weight excluding hydrogens is 140 g/mol. The van der Waals surface area contributed by atoms with Crippen molar-refractivity contribution >= 4 is 19.4 Å². The molecule has 0 spiro atoms. The van der Waals surface area contributed by atoms with Crippen molar-refractivity contribution in [2.75, 3.05) is 6.61 Å². The SMILES string of the molecule is C=CC[Si](Cl)OCC. The summed E-state index contributed by atoms with van der Waals surface area (Å²) >= 11 is 5.69. The van der Waals surface area contributed by atoms with E-state index in [4.69, 9.17) is 15.5 Å². The lowest BCUT2D eigenvalue weighted by atomic mass is 10.8. The van der Waals surface area contributed by atoms with Gasteiger partial charge in [-0.05, 0) is 13.0 Å². The zero-order chi connectivity index (χ0) is 6.41. The molecule has 0 fully saturated rings. The van der Waals surface area contributed by atoms with Crippen LogP contribution in [0.5, 0.6) is 0 Å². The molecule has 0 N–H and O–H groups in total. The molecule has 0 saturated carbocycles. The third-order valence-corrected chi connectivity index (χ3v) is 2.61. The van der Waals surface area contributed by atoms with Gasteiger partial charge in [0.15, 0.2) is 0 Å². The van der Waals surface area contributed by atoms with Gasteiger partial charge >= 0.3 is 8.35 Å². The van der Waals surface area contributed by atoms with Gasteiger partial charge in [0.2, 0.25) is 0 Å². The highest BCUT2D eigenvalue weighted by Gasteiger charge is 2.03. The van der Waals surface area contributed by atoms with E-state index in [1.165, 1.54) is 0 Å². The molecular formula is C5H10ClOSi. The average Bonchev–Trinajstić information content (AvgIpc) is 1.68. The van der Waals surface area contributed by atoms with Crippen LogP contribution in [0.3, 0.4) is 0 Å². The second kappa shape index (κ2) is 5.35. The van der Waals surface area contributed by atoms with Gasteiger partial charge in [0.1, 0.15) is 0 Å². The third-order valence-electron chi connectivity index (χ3n) is 0.606. The molecule has 0 atom stereocenters. The second-order valence-corrected chi connectivity index (χ2v) is 3.95. The Bertz CT molecular complexity index is 67.4. The number of rotatable bonds is 4. The van der Waals surface area contributed by atoms with Gasteiger partial charge in [-0.2, -0.15) is 0 Å². The predicted molar refractivity (Wildman–Crippen MR) is 38.2 cm³/mol. The Morgan fingerprint density at radius 3 is 2.88 bits per heavy atom. The maximum Gasteiger partial charge on any atom is 0.326 e. The maximum atomic E-state index is 5.69. The van der Waals surface area contributed by atoms with Crippen LogP contribution in [0.15, 0.2) is 12.7 Å². The molecule has 0 aliphatic rings. The second-order valence-electron chi connectivity index (χ2n) is 1.28. The maximum absolute atomic E-state index is 5.69. The van der Waals surface area contributed by atoms with E-state index in [9.17, 15) is 0 Å². The molecule has 0 heterocycles. The van der Waals surface area contributed by atoms with Gasteiger partial charge in [0.05, 0.1) is 0 Å². The highest BCUT2D eigenvalue weighted by molar-refractivity contribution is 7.03. The van der Waals surface area contributed by atoms with E-state index in [-0.39, 0.29) is 0 Å². The predicted octanol–water partition coefficient (Wildman–Crippen LogP) is 1.94. The molecule has 0 aromatic heterocycles. The number of hydrogen-bond acceptors (Lipinski definition) is 1. The fourth-order valence-corrected chi connectivity index (χ4v) is 1.64. The van der Waals surface area contributed by atoms with Crippen LogP contribution in [0, 0.1) is 0 Å². The van der Waals surface area contributed by atoms with Crippen LogP contribution in [0.25, 0.3) is 0 Å². The van der Waals surface area contributed by atoms with Gasteiger partial charge in [-0.1, -0.05) is 6.08 Å². The smallest absolute Gasteiger partial charge is 0.326 e. The van der Waals surface area contributed by atoms with Gasteiger partial charge in [-0.3, -0.25) is 0 Å². The molecule has 0 aromatic rings. The quantitative estimate of drug-likeness (QED) is 0.337. The molecule has 3 heteroatoms. The average molecular weight is 150 g/mol. The zero-order valence-corrected chi connectivity index (χ0v) is 6.74. The Balaban J connectivity index is 3.03. The van der Waals surface area contributed by atoms with Crippen molar-refractivity contribution in [2.45, 2.75) is 13.0 Å². The summed E-state index contributed by atoms with van der Waals surface area (Å²) in [4.78, 5) is 0. The van der Waals surface area contributed by atoms with E-state index in [2.05, 4.69) is 6.58 Å². The first-order chi connectivity index (χ1) is 3.81. The van der Waals surface area contributed by atoms with Crippen LogP contribution in [0.2, 0.25) is 6.04 Å². The lowest BCUT2D eigenvalue weighted by molar-refractivity contribution is 0.356. The van der Waals surface area contributed by atoms with Crippen LogP contribution >= 0.6 is 11.1 Å². The molecule has 47 valence electrons. The topological polar surface area (TPSA) is 9.23 Å². The number of halogens is 1. The molecule has 0 aliphatic heterocycles. The van der Waals surface area contributed by atoms with E-state index >= 15 is 0 Å². The highest BCUT2D eigenvalue weighted by atomic mass is 35.6. The fourth-order valence-electron chi connectivity index (χ4n) is 0.329. The largest absolute Gasteiger partial charge is 0.403 e. The Labute approximate surface area is 56.7 Å². The van der Waals surface area contributed by atoms with Gasteiger partial charge in [0.25, 0.3) is 0 Å². The Kier molecular flexibility index (Phi) is 5.48. The summed E-state index contributed by atoms with van der Waals surface area (Å²) in [6, 6.07) is 0.820. The van der Waals surface area contributed by atoms with E-state index in [0.717, 1.165) is 6.04 Å². The molecule has 0 bridgehead atoms. The molecule has 0 saturated heterocycles. The van der Waals surface area contributed by atoms with E-state index in [1.807, 2.05) is 6.92 Å². The third kappa shape index (κ3) is 4.37. The first kappa shape index (κ1) is 8.21. The van der Waals surface area contributed by atoms with Gasteiger partial charge in [-0.25, -0.2) is 0 Å². The summed E-state index contributed by atoms with van der Waals surface area (Å²) in [7, 11) is -1.04. The first-order valence-corrected chi connectivity index (χ1v) is 5.19. The van der Waals surface area contributed by atoms with Crippen molar-refractivity contribution in [2.24, 2.45) is 0 Å². The summed E-state index contributed by atoms with van der Waals surface area (Å²) in [6.45, 7) is 6.20. The molecule has 1 nitrogen and oxygen atoms in total. The van der Waals surface area contributed by atoms with Crippen LogP contribution < -0.4 is 0 Å². The first-order valence-electron chi connectivity index (χ1n) is 2.56. The summed E-state index contributed by atoms with van der Waals surface area (Å²) in [5.41, 5.74) is 0. The minimum absolute atomic E-state index is 0.714. The Morgan fingerprint density at radius 2 is 2.50 bits per heavy atom. The summed E-state index contributed by atoms with van der Waals surface area (Å²) in [5, 5.41) is 0. The van der Waals surface area contributed by atoms with Crippen molar-refractivity contribution in [1.82, 2.24) is 0 Å². The summed E-state index contributed by atoms with van der Waals surface area (Å²) < 4.78 is 5.08. The molecule has 0 aromatic carbocycles. The van der Waals surface area contributed by atoms with Gasteiger partial charge in [-0.15, -0.1) is 17.7 Å². The monoisotopic (exact) mass is 149 g/mol. The summed E-state index contributed by atoms with van der Waals surface area (Å²) in [5.74, 6) is 0. The number of allylic oxidation sites excluding steroid dienone is 1. The minimum Gasteiger partial charge on any atom is -0.403 e. The van der Waals surface area contributed by atoms with Crippen LogP contribution in [-0.2, 0) is 4.43 Å². The Hall–Kier alpha value is 0.207. The summed E-state index contributed by atoms with van der Waals surface area (Å²) in [6.07, 6.45) is 1.79. The lowest BCUT2D eigenvalue weighted by Gasteiger charge is -2.00. The molecule has 0 amide bonds. The molecule has 0 unspecified atom stereocenters. The van der Waals surface area contributed by atoms with Gasteiger partial charge in [0, 0.05) is 6.61 Å². The standard InChI is InChI=1S/C5H10ClOSi/c1-3-5-8(6)7-4-2/h3H,1,4-5H2,2H3.